The summed E-state index contributed by atoms with van der Waals surface area (Å²) >= 11 is 0. The normalized spacial score (nSPS) is 15.0. The van der Waals surface area contributed by atoms with E-state index in [1.54, 1.807) is 6.07 Å². The first-order valence-electron chi connectivity index (χ1n) is 7.74. The molecular weight excluding hydrogens is 302 g/mol. The number of amides is 1. The van der Waals surface area contributed by atoms with E-state index >= 15 is 0 Å². The summed E-state index contributed by atoms with van der Waals surface area (Å²) in [5.74, 6) is 0.596. The molecule has 0 aliphatic carbocycles. The molecule has 1 amide bonds. The molecule has 1 saturated heterocycles. The van der Waals surface area contributed by atoms with Crippen molar-refractivity contribution in [3.63, 3.8) is 0 Å². The minimum Gasteiger partial charge on any atom is -0.493 e. The summed E-state index contributed by atoms with van der Waals surface area (Å²) in [4.78, 5) is 14.6. The lowest BCUT2D eigenvalue weighted by Gasteiger charge is -2.27. The number of halogens is 1. The maximum Gasteiger partial charge on any atom is 0.255 e. The number of hydrogen-bond donors (Lipinski definition) is 2. The molecule has 124 valence electrons. The second-order valence-corrected chi connectivity index (χ2v) is 5.13. The molecule has 5 nitrogen and oxygen atoms in total. The predicted octanol–water partition coefficient (Wildman–Crippen LogP) is 1.53. The fourth-order valence-electron chi connectivity index (χ4n) is 2.47. The topological polar surface area (TPSA) is 53.6 Å². The van der Waals surface area contributed by atoms with Crippen LogP contribution in [0, 0.1) is 0 Å². The number of ether oxygens (including phenoxy) is 1. The van der Waals surface area contributed by atoms with Gasteiger partial charge in [-0.1, -0.05) is 12.1 Å². The Morgan fingerprint density at radius 1 is 1.32 bits per heavy atom. The van der Waals surface area contributed by atoms with Crippen molar-refractivity contribution in [1.82, 2.24) is 15.5 Å². The quantitative estimate of drug-likeness (QED) is 0.746. The maximum absolute atomic E-state index is 12.2. The molecule has 0 unspecified atom stereocenters. The Morgan fingerprint density at radius 2 is 2.05 bits per heavy atom. The van der Waals surface area contributed by atoms with E-state index in [2.05, 4.69) is 15.5 Å². The average Bonchev–Trinajstić information content (AvgIpc) is 2.53. The van der Waals surface area contributed by atoms with Gasteiger partial charge >= 0.3 is 0 Å². The predicted molar refractivity (Wildman–Crippen MR) is 91.1 cm³/mol. The molecule has 2 rings (SSSR count). The molecule has 22 heavy (non-hydrogen) atoms. The van der Waals surface area contributed by atoms with E-state index in [0.717, 1.165) is 39.1 Å². The molecule has 1 fully saturated rings. The third-order valence-corrected chi connectivity index (χ3v) is 3.58. The highest BCUT2D eigenvalue weighted by molar-refractivity contribution is 5.96. The van der Waals surface area contributed by atoms with E-state index < -0.39 is 0 Å². The number of nitrogens with zero attached hydrogens (tertiary/aromatic N) is 1. The van der Waals surface area contributed by atoms with E-state index in [-0.39, 0.29) is 18.3 Å². The third kappa shape index (κ3) is 5.83. The molecule has 1 aliphatic rings. The van der Waals surface area contributed by atoms with Crippen LogP contribution in [0.1, 0.15) is 23.7 Å². The van der Waals surface area contributed by atoms with E-state index in [1.165, 1.54) is 0 Å². The Bertz CT molecular complexity index is 451. The number of piperazine rings is 1. The van der Waals surface area contributed by atoms with Crippen molar-refractivity contribution >= 4 is 18.3 Å². The van der Waals surface area contributed by atoms with Crippen molar-refractivity contribution in [2.75, 3.05) is 45.9 Å². The molecule has 0 radical (unpaired) electrons. The number of benzene rings is 1. The van der Waals surface area contributed by atoms with Gasteiger partial charge in [-0.05, 0) is 32.0 Å². The van der Waals surface area contributed by atoms with E-state index in [9.17, 15) is 4.79 Å². The zero-order chi connectivity index (χ0) is 14.9. The van der Waals surface area contributed by atoms with E-state index in [0.29, 0.717) is 24.5 Å². The van der Waals surface area contributed by atoms with Gasteiger partial charge in [-0.25, -0.2) is 0 Å². The molecule has 1 aromatic carbocycles. The van der Waals surface area contributed by atoms with Crippen LogP contribution in [0.5, 0.6) is 5.75 Å². The highest BCUT2D eigenvalue weighted by atomic mass is 35.5. The molecule has 0 saturated carbocycles. The summed E-state index contributed by atoms with van der Waals surface area (Å²) in [6, 6.07) is 7.38. The zero-order valence-electron chi connectivity index (χ0n) is 13.1. The third-order valence-electron chi connectivity index (χ3n) is 3.58. The Labute approximate surface area is 138 Å². The molecule has 6 heteroatoms. The largest absolute Gasteiger partial charge is 0.493 e. The van der Waals surface area contributed by atoms with Gasteiger partial charge in [-0.15, -0.1) is 12.4 Å². The summed E-state index contributed by atoms with van der Waals surface area (Å²) in [5, 5.41) is 6.31. The van der Waals surface area contributed by atoms with Gasteiger partial charge in [0.05, 0.1) is 12.2 Å². The van der Waals surface area contributed by atoms with Crippen LogP contribution in [-0.2, 0) is 0 Å². The van der Waals surface area contributed by atoms with Crippen LogP contribution >= 0.6 is 12.4 Å². The standard InChI is InChI=1S/C16H25N3O2.ClH/c1-2-21-15-7-4-3-6-14(15)16(20)18-8-5-11-19-12-9-17-10-13-19;/h3-4,6-7,17H,2,5,8-13H2,1H3,(H,18,20);1H. The Balaban J connectivity index is 0.00000242. The van der Waals surface area contributed by atoms with Gasteiger partial charge in [0.15, 0.2) is 0 Å². The van der Waals surface area contributed by atoms with Crippen LogP contribution in [0.15, 0.2) is 24.3 Å². The van der Waals surface area contributed by atoms with Gasteiger partial charge in [0.1, 0.15) is 5.75 Å². The SMILES string of the molecule is CCOc1ccccc1C(=O)NCCCN1CCNCC1.Cl. The second kappa shape index (κ2) is 10.4. The summed E-state index contributed by atoms with van der Waals surface area (Å²) in [6.45, 7) is 8.54. The van der Waals surface area contributed by atoms with Crippen molar-refractivity contribution in [3.05, 3.63) is 29.8 Å². The van der Waals surface area contributed by atoms with Crippen molar-refractivity contribution in [3.8, 4) is 5.75 Å². The van der Waals surface area contributed by atoms with Crippen molar-refractivity contribution < 1.29 is 9.53 Å². The van der Waals surface area contributed by atoms with Crippen LogP contribution in [0.2, 0.25) is 0 Å². The lowest BCUT2D eigenvalue weighted by molar-refractivity contribution is 0.0947. The van der Waals surface area contributed by atoms with Crippen molar-refractivity contribution in [1.29, 1.82) is 0 Å². The Morgan fingerprint density at radius 3 is 2.77 bits per heavy atom. The molecule has 1 aliphatic heterocycles. The van der Waals surface area contributed by atoms with Crippen LogP contribution < -0.4 is 15.4 Å². The van der Waals surface area contributed by atoms with Gasteiger partial charge in [0.2, 0.25) is 0 Å². The molecule has 0 atom stereocenters. The van der Waals surface area contributed by atoms with Crippen molar-refractivity contribution in [2.24, 2.45) is 0 Å². The van der Waals surface area contributed by atoms with Crippen LogP contribution in [0.4, 0.5) is 0 Å². The van der Waals surface area contributed by atoms with E-state index in [1.807, 2.05) is 25.1 Å². The maximum atomic E-state index is 12.2. The summed E-state index contributed by atoms with van der Waals surface area (Å²) in [5.41, 5.74) is 0.613. The minimum atomic E-state index is -0.0561. The lowest BCUT2D eigenvalue weighted by atomic mass is 10.2. The number of carbonyl (C=O) groups excluding carboxylic acids is 1. The first-order chi connectivity index (χ1) is 10.3. The number of carbonyl (C=O) groups is 1. The minimum absolute atomic E-state index is 0. The fraction of sp³-hybridized carbons (Fsp3) is 0.562. The van der Waals surface area contributed by atoms with Gasteiger partial charge in [0, 0.05) is 32.7 Å². The molecule has 0 bridgehead atoms. The van der Waals surface area contributed by atoms with Crippen LogP contribution in [0.25, 0.3) is 0 Å². The molecule has 1 heterocycles. The smallest absolute Gasteiger partial charge is 0.255 e. The average molecular weight is 328 g/mol. The Hall–Kier alpha value is -1.30. The van der Waals surface area contributed by atoms with Gasteiger partial charge in [-0.2, -0.15) is 0 Å². The van der Waals surface area contributed by atoms with Crippen LogP contribution in [-0.4, -0.2) is 56.7 Å². The first kappa shape index (κ1) is 18.7. The van der Waals surface area contributed by atoms with Gasteiger partial charge in [-0.3, -0.25) is 4.79 Å². The molecule has 2 N–H and O–H groups in total. The summed E-state index contributed by atoms with van der Waals surface area (Å²) < 4.78 is 5.48. The van der Waals surface area contributed by atoms with Gasteiger partial charge < -0.3 is 20.3 Å². The highest BCUT2D eigenvalue weighted by Gasteiger charge is 2.12. The number of para-hydroxylation sites is 1. The number of rotatable bonds is 7. The summed E-state index contributed by atoms with van der Waals surface area (Å²) in [7, 11) is 0. The highest BCUT2D eigenvalue weighted by Crippen LogP contribution is 2.17. The molecule has 1 aromatic rings. The molecule has 0 aromatic heterocycles. The summed E-state index contributed by atoms with van der Waals surface area (Å²) in [6.07, 6.45) is 0.975. The lowest BCUT2D eigenvalue weighted by Crippen LogP contribution is -2.44. The van der Waals surface area contributed by atoms with E-state index in [4.69, 9.17) is 4.74 Å². The Kier molecular flexibility index (Phi) is 8.89. The zero-order valence-corrected chi connectivity index (χ0v) is 14.0. The van der Waals surface area contributed by atoms with Gasteiger partial charge in [0.25, 0.3) is 5.91 Å². The molecular formula is C16H26ClN3O2. The molecule has 0 spiro atoms. The fourth-order valence-corrected chi connectivity index (χ4v) is 2.47. The number of hydrogen-bond acceptors (Lipinski definition) is 4. The van der Waals surface area contributed by atoms with Crippen molar-refractivity contribution in [2.45, 2.75) is 13.3 Å². The first-order valence-corrected chi connectivity index (χ1v) is 7.74. The second-order valence-electron chi connectivity index (χ2n) is 5.13. The van der Waals surface area contributed by atoms with Crippen LogP contribution in [0.3, 0.4) is 0 Å². The monoisotopic (exact) mass is 327 g/mol. The number of nitrogens with one attached hydrogen (secondary N) is 2.